The monoisotopic (exact) mass is 260 g/mol. The number of hydrogen-bond acceptors (Lipinski definition) is 2. The Labute approximate surface area is 112 Å². The van der Waals surface area contributed by atoms with Crippen LogP contribution in [0.25, 0.3) is 0 Å². The van der Waals surface area contributed by atoms with Gasteiger partial charge in [-0.05, 0) is 37.6 Å². The molecule has 100 valence electrons. The molecule has 0 radical (unpaired) electrons. The molecule has 0 fully saturated rings. The molecule has 3 heteroatoms. The second-order valence-corrected chi connectivity index (χ2v) is 4.71. The molecule has 1 N–H and O–H groups in total. The van der Waals surface area contributed by atoms with Crippen molar-refractivity contribution in [1.29, 1.82) is 0 Å². The average molecular weight is 260 g/mol. The van der Waals surface area contributed by atoms with E-state index in [-0.39, 0.29) is 5.82 Å². The normalized spacial score (nSPS) is 12.3. The zero-order chi connectivity index (χ0) is 14.0. The third-order valence-electron chi connectivity index (χ3n) is 3.05. The predicted molar refractivity (Wildman–Crippen MR) is 72.9 cm³/mol. The molecule has 0 aliphatic rings. The average Bonchev–Trinajstić information content (AvgIpc) is 2.36. The highest BCUT2D eigenvalue weighted by atomic mass is 19.1. The Kier molecular flexibility index (Phi) is 3.86. The number of hydrogen-bond donors (Lipinski definition) is 1. The number of benzene rings is 2. The van der Waals surface area contributed by atoms with Gasteiger partial charge in [-0.15, -0.1) is 0 Å². The van der Waals surface area contributed by atoms with Gasteiger partial charge in [0.15, 0.2) is 0 Å². The Morgan fingerprint density at radius 2 is 1.68 bits per heavy atom. The summed E-state index contributed by atoms with van der Waals surface area (Å²) in [5.41, 5.74) is 3.29. The summed E-state index contributed by atoms with van der Waals surface area (Å²) in [5.74, 6) is 0.0901. The van der Waals surface area contributed by atoms with Crippen LogP contribution in [0.2, 0.25) is 0 Å². The molecule has 0 aliphatic heterocycles. The van der Waals surface area contributed by atoms with Gasteiger partial charge in [-0.25, -0.2) is 4.39 Å². The van der Waals surface area contributed by atoms with Crippen molar-refractivity contribution in [2.75, 3.05) is 7.11 Å². The fourth-order valence-electron chi connectivity index (χ4n) is 2.27. The number of aliphatic hydroxyl groups is 1. The summed E-state index contributed by atoms with van der Waals surface area (Å²) < 4.78 is 18.5. The maximum absolute atomic E-state index is 13.4. The van der Waals surface area contributed by atoms with Crippen LogP contribution in [-0.2, 0) is 0 Å². The van der Waals surface area contributed by atoms with Crippen LogP contribution in [0.15, 0.2) is 36.4 Å². The minimum Gasteiger partial charge on any atom is -0.496 e. The zero-order valence-electron chi connectivity index (χ0n) is 11.3. The van der Waals surface area contributed by atoms with E-state index in [0.29, 0.717) is 11.3 Å². The summed E-state index contributed by atoms with van der Waals surface area (Å²) in [5, 5.41) is 10.4. The van der Waals surface area contributed by atoms with Gasteiger partial charge in [0, 0.05) is 5.56 Å². The molecule has 2 aromatic carbocycles. The molecule has 2 rings (SSSR count). The van der Waals surface area contributed by atoms with E-state index in [1.54, 1.807) is 0 Å². The van der Waals surface area contributed by atoms with Gasteiger partial charge in [0.2, 0.25) is 0 Å². The van der Waals surface area contributed by atoms with Crippen LogP contribution in [0.3, 0.4) is 0 Å². The summed E-state index contributed by atoms with van der Waals surface area (Å²) in [7, 11) is 1.50. The fraction of sp³-hybridized carbons (Fsp3) is 0.250. The largest absolute Gasteiger partial charge is 0.496 e. The Morgan fingerprint density at radius 1 is 1.05 bits per heavy atom. The number of aliphatic hydroxyl groups excluding tert-OH is 1. The maximum Gasteiger partial charge on any atom is 0.125 e. The number of halogens is 1. The van der Waals surface area contributed by atoms with Gasteiger partial charge in [-0.3, -0.25) is 0 Å². The van der Waals surface area contributed by atoms with Gasteiger partial charge >= 0.3 is 0 Å². The summed E-state index contributed by atoms with van der Waals surface area (Å²) in [6.07, 6.45) is -0.899. The third-order valence-corrected chi connectivity index (χ3v) is 3.05. The Balaban J connectivity index is 2.48. The van der Waals surface area contributed by atoms with Crippen LogP contribution < -0.4 is 4.74 Å². The highest BCUT2D eigenvalue weighted by Gasteiger charge is 2.16. The summed E-state index contributed by atoms with van der Waals surface area (Å²) in [4.78, 5) is 0. The second-order valence-electron chi connectivity index (χ2n) is 4.71. The van der Waals surface area contributed by atoms with Crippen molar-refractivity contribution in [3.05, 3.63) is 64.5 Å². The van der Waals surface area contributed by atoms with Crippen LogP contribution >= 0.6 is 0 Å². The third kappa shape index (κ3) is 2.93. The second kappa shape index (κ2) is 5.41. The first kappa shape index (κ1) is 13.6. The fourth-order valence-corrected chi connectivity index (χ4v) is 2.27. The van der Waals surface area contributed by atoms with E-state index < -0.39 is 6.10 Å². The van der Waals surface area contributed by atoms with Crippen molar-refractivity contribution in [2.24, 2.45) is 0 Å². The topological polar surface area (TPSA) is 29.5 Å². The Bertz CT molecular complexity index is 573. The summed E-state index contributed by atoms with van der Waals surface area (Å²) in [6, 6.07) is 9.96. The van der Waals surface area contributed by atoms with Crippen LogP contribution in [0.4, 0.5) is 4.39 Å². The van der Waals surface area contributed by atoms with Crippen molar-refractivity contribution in [3.8, 4) is 5.75 Å². The molecule has 0 saturated carbocycles. The Hall–Kier alpha value is -1.87. The standard InChI is InChI=1S/C16H17FO2/c1-10-6-11(2)8-12(7-10)16(18)14-9-13(17)4-5-15(14)19-3/h4-9,16,18H,1-3H3. The van der Waals surface area contributed by atoms with Gasteiger partial charge in [-0.1, -0.05) is 29.3 Å². The van der Waals surface area contributed by atoms with E-state index in [0.717, 1.165) is 16.7 Å². The van der Waals surface area contributed by atoms with E-state index in [1.165, 1.54) is 25.3 Å². The predicted octanol–water partition coefficient (Wildman–Crippen LogP) is 3.53. The van der Waals surface area contributed by atoms with Crippen molar-refractivity contribution in [2.45, 2.75) is 20.0 Å². The maximum atomic E-state index is 13.4. The Morgan fingerprint density at radius 3 is 2.26 bits per heavy atom. The minimum atomic E-state index is -0.899. The molecule has 0 aliphatic carbocycles. The van der Waals surface area contributed by atoms with Crippen LogP contribution in [0.5, 0.6) is 5.75 Å². The molecular formula is C16H17FO2. The number of aryl methyl sites for hydroxylation is 2. The molecular weight excluding hydrogens is 243 g/mol. The first-order chi connectivity index (χ1) is 9.01. The lowest BCUT2D eigenvalue weighted by molar-refractivity contribution is 0.214. The molecule has 1 unspecified atom stereocenters. The van der Waals surface area contributed by atoms with Gasteiger partial charge < -0.3 is 9.84 Å². The van der Waals surface area contributed by atoms with Crippen LogP contribution in [-0.4, -0.2) is 12.2 Å². The number of rotatable bonds is 3. The van der Waals surface area contributed by atoms with E-state index in [2.05, 4.69) is 0 Å². The highest BCUT2D eigenvalue weighted by Crippen LogP contribution is 2.31. The molecule has 0 amide bonds. The molecule has 0 spiro atoms. The van der Waals surface area contributed by atoms with Crippen molar-refractivity contribution >= 4 is 0 Å². The molecule has 2 aromatic rings. The van der Waals surface area contributed by atoms with Gasteiger partial charge in [0.25, 0.3) is 0 Å². The SMILES string of the molecule is COc1ccc(F)cc1C(O)c1cc(C)cc(C)c1. The zero-order valence-corrected chi connectivity index (χ0v) is 11.3. The first-order valence-corrected chi connectivity index (χ1v) is 6.11. The molecule has 1 atom stereocenters. The number of ether oxygens (including phenoxy) is 1. The van der Waals surface area contributed by atoms with E-state index in [1.807, 2.05) is 32.0 Å². The summed E-state index contributed by atoms with van der Waals surface area (Å²) >= 11 is 0. The molecule has 0 aromatic heterocycles. The molecule has 0 bridgehead atoms. The van der Waals surface area contributed by atoms with Gasteiger partial charge in [0.1, 0.15) is 17.7 Å². The van der Waals surface area contributed by atoms with Gasteiger partial charge in [-0.2, -0.15) is 0 Å². The van der Waals surface area contributed by atoms with E-state index in [9.17, 15) is 9.50 Å². The van der Waals surface area contributed by atoms with Crippen LogP contribution in [0, 0.1) is 19.7 Å². The van der Waals surface area contributed by atoms with E-state index in [4.69, 9.17) is 4.74 Å². The highest BCUT2D eigenvalue weighted by molar-refractivity contribution is 5.42. The molecule has 0 saturated heterocycles. The van der Waals surface area contributed by atoms with Crippen LogP contribution in [0.1, 0.15) is 28.4 Å². The van der Waals surface area contributed by atoms with Crippen molar-refractivity contribution < 1.29 is 14.2 Å². The summed E-state index contributed by atoms with van der Waals surface area (Å²) in [6.45, 7) is 3.93. The van der Waals surface area contributed by atoms with Crippen molar-refractivity contribution in [3.63, 3.8) is 0 Å². The first-order valence-electron chi connectivity index (χ1n) is 6.11. The van der Waals surface area contributed by atoms with E-state index >= 15 is 0 Å². The molecule has 2 nitrogen and oxygen atoms in total. The molecule has 0 heterocycles. The molecule has 19 heavy (non-hydrogen) atoms. The lowest BCUT2D eigenvalue weighted by Crippen LogP contribution is -2.04. The lowest BCUT2D eigenvalue weighted by atomic mass is 9.97. The quantitative estimate of drug-likeness (QED) is 0.914. The smallest absolute Gasteiger partial charge is 0.125 e. The lowest BCUT2D eigenvalue weighted by Gasteiger charge is -2.16. The van der Waals surface area contributed by atoms with Crippen molar-refractivity contribution in [1.82, 2.24) is 0 Å². The minimum absolute atomic E-state index is 0.390. The van der Waals surface area contributed by atoms with Gasteiger partial charge in [0.05, 0.1) is 7.11 Å². The number of methoxy groups -OCH3 is 1.